The predicted molar refractivity (Wildman–Crippen MR) is 77.2 cm³/mol. The number of aromatic nitrogens is 2. The zero-order valence-corrected chi connectivity index (χ0v) is 13.2. The smallest absolute Gasteiger partial charge is 0.423 e. The fourth-order valence-electron chi connectivity index (χ4n) is 1.50. The molecule has 11 nitrogen and oxygen atoms in total. The van der Waals surface area contributed by atoms with Crippen LogP contribution in [0.1, 0.15) is 19.7 Å². The summed E-state index contributed by atoms with van der Waals surface area (Å²) in [5.41, 5.74) is 0. The fourth-order valence-corrected chi connectivity index (χ4v) is 1.50. The van der Waals surface area contributed by atoms with E-state index in [1.165, 1.54) is 20.9 Å². The van der Waals surface area contributed by atoms with Gasteiger partial charge in [-0.25, -0.2) is 23.9 Å². The summed E-state index contributed by atoms with van der Waals surface area (Å²) in [4.78, 5) is 48.5. The molecule has 0 fully saturated rings. The van der Waals surface area contributed by atoms with Gasteiger partial charge in [0.2, 0.25) is 11.6 Å². The van der Waals surface area contributed by atoms with E-state index < -0.39 is 28.6 Å². The normalized spacial score (nSPS) is 10.9. The van der Waals surface area contributed by atoms with Gasteiger partial charge in [0.05, 0.1) is 26.3 Å². The van der Waals surface area contributed by atoms with Gasteiger partial charge in [0.15, 0.2) is 0 Å². The summed E-state index contributed by atoms with van der Waals surface area (Å²) in [7, 11) is 1.33. The molecule has 1 aromatic rings. The van der Waals surface area contributed by atoms with Crippen molar-refractivity contribution < 1.29 is 33.5 Å². The number of carbonyl (C=O) groups is 3. The molecule has 0 saturated carbocycles. The highest BCUT2D eigenvalue weighted by molar-refractivity contribution is 6.30. The van der Waals surface area contributed by atoms with Crippen molar-refractivity contribution in [2.45, 2.75) is 13.8 Å². The molecule has 0 amide bonds. The quantitative estimate of drug-likeness (QED) is 0.136. The van der Waals surface area contributed by atoms with Crippen LogP contribution in [0.4, 0.5) is 5.82 Å². The molecule has 1 heterocycles. The van der Waals surface area contributed by atoms with Gasteiger partial charge in [0.25, 0.3) is 0 Å². The Balaban J connectivity index is 3.14. The van der Waals surface area contributed by atoms with Crippen LogP contribution in [0, 0.1) is 10.1 Å². The van der Waals surface area contributed by atoms with E-state index in [1.54, 1.807) is 0 Å². The van der Waals surface area contributed by atoms with Crippen LogP contribution in [0.5, 0.6) is 0 Å². The van der Waals surface area contributed by atoms with Gasteiger partial charge in [-0.05, 0) is 18.8 Å². The van der Waals surface area contributed by atoms with Crippen LogP contribution in [0.15, 0.2) is 12.0 Å². The molecule has 0 atom stereocenters. The molecule has 0 radical (unpaired) electrons. The molecule has 130 valence electrons. The summed E-state index contributed by atoms with van der Waals surface area (Å²) < 4.78 is 14.9. The molecule has 24 heavy (non-hydrogen) atoms. The zero-order valence-electron chi connectivity index (χ0n) is 13.2. The Labute approximate surface area is 136 Å². The maximum absolute atomic E-state index is 11.8. The van der Waals surface area contributed by atoms with Gasteiger partial charge < -0.3 is 24.3 Å². The molecule has 0 aliphatic heterocycles. The second-order valence-corrected chi connectivity index (χ2v) is 4.13. The number of carbonyl (C=O) groups excluding carboxylic acids is 3. The number of nitro groups is 1. The first-order valence-corrected chi connectivity index (χ1v) is 6.75. The summed E-state index contributed by atoms with van der Waals surface area (Å²) in [6.45, 7) is 2.93. The Morgan fingerprint density at radius 3 is 2.29 bits per heavy atom. The second-order valence-electron chi connectivity index (χ2n) is 4.13. The molecular formula is C13H15N3O8. The topological polar surface area (TPSA) is 140 Å². The van der Waals surface area contributed by atoms with Crippen LogP contribution in [0.3, 0.4) is 0 Å². The van der Waals surface area contributed by atoms with E-state index in [1.807, 2.05) is 0 Å². The SMILES string of the molecule is CCOC(=O)C(=O)OC(=Cc1ncc([N+](=O)[O-])n1C)C(=O)OCC. The third kappa shape index (κ3) is 4.63. The number of hydrogen-bond acceptors (Lipinski definition) is 9. The Hall–Kier alpha value is -3.24. The summed E-state index contributed by atoms with van der Waals surface area (Å²) in [5.74, 6) is -4.82. The fraction of sp³-hybridized carbons (Fsp3) is 0.385. The molecule has 0 bridgehead atoms. The minimum Gasteiger partial charge on any atom is -0.460 e. The van der Waals surface area contributed by atoms with E-state index in [0.29, 0.717) is 0 Å². The average Bonchev–Trinajstić information content (AvgIpc) is 2.88. The Morgan fingerprint density at radius 1 is 1.21 bits per heavy atom. The van der Waals surface area contributed by atoms with Gasteiger partial charge in [0, 0.05) is 0 Å². The largest absolute Gasteiger partial charge is 0.460 e. The van der Waals surface area contributed by atoms with Gasteiger partial charge in [0.1, 0.15) is 6.20 Å². The lowest BCUT2D eigenvalue weighted by atomic mass is 10.4. The number of hydrogen-bond donors (Lipinski definition) is 0. The maximum atomic E-state index is 11.8. The highest BCUT2D eigenvalue weighted by Crippen LogP contribution is 2.15. The number of esters is 3. The standard InChI is InChI=1S/C13H15N3O8/c1-4-22-11(17)8(24-13(19)12(18)23-5-2)6-9-14-7-10(15(9)3)16(20)21/h6-7H,4-5H2,1-3H3. The van der Waals surface area contributed by atoms with E-state index >= 15 is 0 Å². The first kappa shape index (κ1) is 18.8. The van der Waals surface area contributed by atoms with Crippen LogP contribution >= 0.6 is 0 Å². The third-order valence-electron chi connectivity index (χ3n) is 2.57. The van der Waals surface area contributed by atoms with Crippen molar-refractivity contribution in [2.24, 2.45) is 7.05 Å². The van der Waals surface area contributed by atoms with Crippen LogP contribution in [-0.2, 0) is 35.6 Å². The molecule has 0 spiro atoms. The van der Waals surface area contributed by atoms with Gasteiger partial charge in [-0.1, -0.05) is 0 Å². The monoisotopic (exact) mass is 341 g/mol. The van der Waals surface area contributed by atoms with E-state index in [-0.39, 0.29) is 24.9 Å². The summed E-state index contributed by atoms with van der Waals surface area (Å²) in [6, 6.07) is 0. The van der Waals surface area contributed by atoms with Crippen molar-refractivity contribution in [2.75, 3.05) is 13.2 Å². The molecule has 11 heteroatoms. The molecule has 0 aliphatic carbocycles. The van der Waals surface area contributed by atoms with Crippen molar-refractivity contribution >= 4 is 29.8 Å². The Bertz CT molecular complexity index is 691. The molecule has 1 rings (SSSR count). The van der Waals surface area contributed by atoms with E-state index in [9.17, 15) is 24.5 Å². The zero-order chi connectivity index (χ0) is 18.3. The lowest BCUT2D eigenvalue weighted by molar-refractivity contribution is -0.391. The number of imidazole rings is 1. The lowest BCUT2D eigenvalue weighted by Crippen LogP contribution is -2.23. The van der Waals surface area contributed by atoms with Crippen molar-refractivity contribution in [3.8, 4) is 0 Å². The van der Waals surface area contributed by atoms with Gasteiger partial charge in [-0.15, -0.1) is 0 Å². The minimum atomic E-state index is -1.43. The third-order valence-corrected chi connectivity index (χ3v) is 2.57. The number of nitrogens with zero attached hydrogens (tertiary/aromatic N) is 3. The second kappa shape index (κ2) is 8.41. The summed E-state index contributed by atoms with van der Waals surface area (Å²) in [5, 5.41) is 10.8. The van der Waals surface area contributed by atoms with Crippen molar-refractivity contribution in [3.63, 3.8) is 0 Å². The summed E-state index contributed by atoms with van der Waals surface area (Å²) in [6.07, 6.45) is 1.91. The number of ether oxygens (including phenoxy) is 3. The molecule has 0 aliphatic rings. The summed E-state index contributed by atoms with van der Waals surface area (Å²) >= 11 is 0. The number of rotatable bonds is 6. The van der Waals surface area contributed by atoms with Crippen molar-refractivity contribution in [1.82, 2.24) is 9.55 Å². The van der Waals surface area contributed by atoms with Gasteiger partial charge in [-0.3, -0.25) is 0 Å². The molecule has 0 aromatic carbocycles. The molecular weight excluding hydrogens is 326 g/mol. The first-order valence-electron chi connectivity index (χ1n) is 6.75. The highest BCUT2D eigenvalue weighted by atomic mass is 16.6. The van der Waals surface area contributed by atoms with Gasteiger partial charge >= 0.3 is 23.7 Å². The predicted octanol–water partition coefficient (Wildman–Crippen LogP) is 0.339. The first-order chi connectivity index (χ1) is 11.3. The van der Waals surface area contributed by atoms with E-state index in [0.717, 1.165) is 16.8 Å². The lowest BCUT2D eigenvalue weighted by Gasteiger charge is -2.07. The maximum Gasteiger partial charge on any atom is 0.423 e. The van der Waals surface area contributed by atoms with E-state index in [4.69, 9.17) is 4.74 Å². The van der Waals surface area contributed by atoms with Gasteiger partial charge in [-0.2, -0.15) is 0 Å². The molecule has 0 saturated heterocycles. The average molecular weight is 341 g/mol. The van der Waals surface area contributed by atoms with Crippen LogP contribution in [0.2, 0.25) is 0 Å². The van der Waals surface area contributed by atoms with Crippen LogP contribution in [-0.4, -0.2) is 45.6 Å². The van der Waals surface area contributed by atoms with Crippen molar-refractivity contribution in [3.05, 3.63) is 27.9 Å². The Kier molecular flexibility index (Phi) is 6.59. The van der Waals surface area contributed by atoms with Crippen molar-refractivity contribution in [1.29, 1.82) is 0 Å². The Morgan fingerprint density at radius 2 is 1.79 bits per heavy atom. The highest BCUT2D eigenvalue weighted by Gasteiger charge is 2.25. The molecule has 0 unspecified atom stereocenters. The molecule has 0 N–H and O–H groups in total. The van der Waals surface area contributed by atoms with E-state index in [2.05, 4.69) is 14.5 Å². The van der Waals surface area contributed by atoms with Crippen LogP contribution < -0.4 is 0 Å². The molecule has 1 aromatic heterocycles. The minimum absolute atomic E-state index is 0.0200. The van der Waals surface area contributed by atoms with Crippen LogP contribution in [0.25, 0.3) is 6.08 Å².